The molecule has 0 bridgehead atoms. The van der Waals surface area contributed by atoms with Crippen molar-refractivity contribution in [2.24, 2.45) is 5.92 Å². The quantitative estimate of drug-likeness (QED) is 0.838. The van der Waals surface area contributed by atoms with Crippen molar-refractivity contribution in [2.45, 2.75) is 59.0 Å². The van der Waals surface area contributed by atoms with Crippen LogP contribution in [0.2, 0.25) is 0 Å². The number of carboxylic acid groups (broad SMARTS) is 1. The van der Waals surface area contributed by atoms with Crippen molar-refractivity contribution in [3.63, 3.8) is 0 Å². The van der Waals surface area contributed by atoms with Gasteiger partial charge in [0.05, 0.1) is 0 Å². The molecule has 3 nitrogen and oxygen atoms in total. The molecular weight excluding hydrogens is 258 g/mol. The molecule has 1 rings (SSSR count). The van der Waals surface area contributed by atoms with Crippen molar-refractivity contribution in [3.8, 4) is 0 Å². The lowest BCUT2D eigenvalue weighted by Crippen LogP contribution is -2.37. The minimum atomic E-state index is -0.763. The lowest BCUT2D eigenvalue weighted by Gasteiger charge is -2.16. The summed E-state index contributed by atoms with van der Waals surface area (Å²) in [5, 5.41) is 12.3. The Morgan fingerprint density at radius 3 is 2.42 bits per heavy atom. The van der Waals surface area contributed by atoms with Crippen LogP contribution in [0.25, 0.3) is 0 Å². The molecule has 108 valence electrons. The van der Waals surface area contributed by atoms with Crippen molar-refractivity contribution < 1.29 is 9.90 Å². The summed E-state index contributed by atoms with van der Waals surface area (Å²) >= 11 is 1.76. The summed E-state index contributed by atoms with van der Waals surface area (Å²) in [6.07, 6.45) is 0.660. The zero-order valence-corrected chi connectivity index (χ0v) is 13.3. The Bertz CT molecular complexity index is 418. The topological polar surface area (TPSA) is 49.3 Å². The Morgan fingerprint density at radius 1 is 1.37 bits per heavy atom. The van der Waals surface area contributed by atoms with Gasteiger partial charge in [-0.2, -0.15) is 0 Å². The molecule has 1 atom stereocenters. The number of hydrogen-bond acceptors (Lipinski definition) is 3. The monoisotopic (exact) mass is 283 g/mol. The number of aliphatic carboxylic acids is 1. The minimum Gasteiger partial charge on any atom is -0.480 e. The van der Waals surface area contributed by atoms with E-state index in [0.29, 0.717) is 18.9 Å². The first-order valence-electron chi connectivity index (χ1n) is 6.75. The highest BCUT2D eigenvalue weighted by atomic mass is 32.1. The Kier molecular flexibility index (Phi) is 5.56. The minimum absolute atomic E-state index is 0.160. The van der Waals surface area contributed by atoms with Crippen molar-refractivity contribution in [1.82, 2.24) is 5.32 Å². The molecule has 0 radical (unpaired) electrons. The van der Waals surface area contributed by atoms with Gasteiger partial charge in [0.1, 0.15) is 6.04 Å². The number of thiophene rings is 1. The van der Waals surface area contributed by atoms with Gasteiger partial charge in [-0.25, -0.2) is 0 Å². The van der Waals surface area contributed by atoms with Gasteiger partial charge in [0.15, 0.2) is 0 Å². The van der Waals surface area contributed by atoms with Gasteiger partial charge in [-0.15, -0.1) is 11.3 Å². The van der Waals surface area contributed by atoms with Gasteiger partial charge in [-0.3, -0.25) is 10.1 Å². The van der Waals surface area contributed by atoms with E-state index in [2.05, 4.69) is 38.2 Å². The molecular formula is C15H25NO2S. The van der Waals surface area contributed by atoms with Crippen LogP contribution in [0.15, 0.2) is 12.1 Å². The van der Waals surface area contributed by atoms with E-state index in [9.17, 15) is 9.90 Å². The third-order valence-electron chi connectivity index (χ3n) is 2.93. The number of carboxylic acids is 1. The third kappa shape index (κ3) is 5.33. The molecule has 0 aliphatic heterocycles. The highest BCUT2D eigenvalue weighted by Crippen LogP contribution is 2.29. The molecule has 0 aromatic carbocycles. The van der Waals surface area contributed by atoms with Crippen molar-refractivity contribution in [2.75, 3.05) is 0 Å². The van der Waals surface area contributed by atoms with E-state index < -0.39 is 12.0 Å². The van der Waals surface area contributed by atoms with Crippen LogP contribution in [-0.4, -0.2) is 17.1 Å². The molecule has 0 fully saturated rings. The van der Waals surface area contributed by atoms with Gasteiger partial charge in [0.25, 0.3) is 0 Å². The Labute approximate surface area is 120 Å². The lowest BCUT2D eigenvalue weighted by atomic mass is 9.95. The SMILES string of the molecule is CC(C)C[C@@H](NCc1ccc(C(C)(C)C)s1)C(=O)O. The third-order valence-corrected chi connectivity index (χ3v) is 4.44. The van der Waals surface area contributed by atoms with E-state index in [0.717, 1.165) is 0 Å². The van der Waals surface area contributed by atoms with Gasteiger partial charge in [-0.05, 0) is 29.9 Å². The maximum absolute atomic E-state index is 11.2. The average molecular weight is 283 g/mol. The molecule has 2 N–H and O–H groups in total. The molecule has 0 saturated carbocycles. The molecule has 0 unspecified atom stereocenters. The number of carbonyl (C=O) groups is 1. The second kappa shape index (κ2) is 6.53. The van der Waals surface area contributed by atoms with Gasteiger partial charge in [0.2, 0.25) is 0 Å². The maximum Gasteiger partial charge on any atom is 0.320 e. The van der Waals surface area contributed by atoms with Crippen LogP contribution in [0, 0.1) is 5.92 Å². The van der Waals surface area contributed by atoms with Gasteiger partial charge >= 0.3 is 5.97 Å². The van der Waals surface area contributed by atoms with Gasteiger partial charge in [0, 0.05) is 16.3 Å². The van der Waals surface area contributed by atoms with Crippen LogP contribution < -0.4 is 5.32 Å². The number of nitrogens with one attached hydrogen (secondary N) is 1. The fourth-order valence-electron chi connectivity index (χ4n) is 1.84. The Balaban J connectivity index is 2.60. The smallest absolute Gasteiger partial charge is 0.320 e. The fourth-order valence-corrected chi connectivity index (χ4v) is 2.86. The first kappa shape index (κ1) is 16.2. The van der Waals surface area contributed by atoms with E-state index in [1.165, 1.54) is 9.75 Å². The number of rotatable bonds is 6. The first-order valence-corrected chi connectivity index (χ1v) is 7.57. The normalized spacial score (nSPS) is 13.8. The van der Waals surface area contributed by atoms with Crippen molar-refractivity contribution in [3.05, 3.63) is 21.9 Å². The van der Waals surface area contributed by atoms with E-state index in [-0.39, 0.29) is 5.41 Å². The molecule has 0 amide bonds. The summed E-state index contributed by atoms with van der Waals surface area (Å²) in [7, 11) is 0. The molecule has 1 aromatic heterocycles. The molecule has 4 heteroatoms. The van der Waals surface area contributed by atoms with Crippen LogP contribution in [-0.2, 0) is 16.8 Å². The summed E-state index contributed by atoms with van der Waals surface area (Å²) in [4.78, 5) is 13.7. The molecule has 0 aliphatic rings. The Hall–Kier alpha value is -0.870. The second-order valence-corrected chi connectivity index (χ2v) is 7.59. The summed E-state index contributed by atoms with van der Waals surface area (Å²) in [5.74, 6) is -0.386. The van der Waals surface area contributed by atoms with Gasteiger partial charge < -0.3 is 5.11 Å². The highest BCUT2D eigenvalue weighted by Gasteiger charge is 2.19. The average Bonchev–Trinajstić information content (AvgIpc) is 2.71. The summed E-state index contributed by atoms with van der Waals surface area (Å²) in [6.45, 7) is 11.3. The molecule has 1 aromatic rings. The molecule has 0 aliphatic carbocycles. The maximum atomic E-state index is 11.2. The zero-order valence-electron chi connectivity index (χ0n) is 12.5. The van der Waals surface area contributed by atoms with Crippen LogP contribution in [0.1, 0.15) is 50.8 Å². The van der Waals surface area contributed by atoms with E-state index in [1.807, 2.05) is 13.8 Å². The number of hydrogen-bond donors (Lipinski definition) is 2. The van der Waals surface area contributed by atoms with Crippen molar-refractivity contribution >= 4 is 17.3 Å². The van der Waals surface area contributed by atoms with Crippen LogP contribution in [0.3, 0.4) is 0 Å². The van der Waals surface area contributed by atoms with E-state index in [4.69, 9.17) is 0 Å². The Morgan fingerprint density at radius 2 is 2.00 bits per heavy atom. The largest absolute Gasteiger partial charge is 0.480 e. The summed E-state index contributed by atoms with van der Waals surface area (Å²) < 4.78 is 0. The zero-order chi connectivity index (χ0) is 14.6. The van der Waals surface area contributed by atoms with Crippen LogP contribution in [0.4, 0.5) is 0 Å². The predicted molar refractivity (Wildman–Crippen MR) is 80.7 cm³/mol. The van der Waals surface area contributed by atoms with Gasteiger partial charge in [-0.1, -0.05) is 34.6 Å². The van der Waals surface area contributed by atoms with Crippen molar-refractivity contribution in [1.29, 1.82) is 0 Å². The van der Waals surface area contributed by atoms with E-state index in [1.54, 1.807) is 11.3 Å². The molecule has 0 saturated heterocycles. The van der Waals surface area contributed by atoms with Crippen LogP contribution in [0.5, 0.6) is 0 Å². The van der Waals surface area contributed by atoms with E-state index >= 15 is 0 Å². The molecule has 19 heavy (non-hydrogen) atoms. The summed E-state index contributed by atoms with van der Waals surface area (Å²) in [6, 6.07) is 3.77. The lowest BCUT2D eigenvalue weighted by molar-refractivity contribution is -0.140. The molecule has 1 heterocycles. The first-order chi connectivity index (χ1) is 8.70. The second-order valence-electron chi connectivity index (χ2n) is 6.42. The fraction of sp³-hybridized carbons (Fsp3) is 0.667. The van der Waals surface area contributed by atoms with Crippen LogP contribution >= 0.6 is 11.3 Å². The predicted octanol–water partition coefficient (Wildman–Crippen LogP) is 3.63. The molecule has 0 spiro atoms. The standard InChI is InChI=1S/C15H25NO2S/c1-10(2)8-12(14(17)18)16-9-11-6-7-13(19-11)15(3,4)5/h6-7,10,12,16H,8-9H2,1-5H3,(H,17,18)/t12-/m1/s1. The highest BCUT2D eigenvalue weighted by molar-refractivity contribution is 7.12. The summed E-state index contributed by atoms with van der Waals surface area (Å²) in [5.41, 5.74) is 0.160.